The number of anilines is 1. The lowest BCUT2D eigenvalue weighted by Crippen LogP contribution is -2.48. The predicted molar refractivity (Wildman–Crippen MR) is 103 cm³/mol. The summed E-state index contributed by atoms with van der Waals surface area (Å²) in [5.41, 5.74) is -0.731. The quantitative estimate of drug-likeness (QED) is 0.424. The van der Waals surface area contributed by atoms with Crippen molar-refractivity contribution < 1.29 is 29.2 Å². The number of amides is 2. The largest absolute Gasteiger partial charge is 0.465 e. The number of ether oxygens (including phenoxy) is 1. The molecule has 0 unspecified atom stereocenters. The van der Waals surface area contributed by atoms with Crippen molar-refractivity contribution in [3.63, 3.8) is 0 Å². The molecule has 0 bridgehead atoms. The van der Waals surface area contributed by atoms with Gasteiger partial charge in [0.05, 0.1) is 4.92 Å². The van der Waals surface area contributed by atoms with Gasteiger partial charge in [0.25, 0.3) is 11.6 Å². The first kappa shape index (κ1) is 21.9. The third-order valence-electron chi connectivity index (χ3n) is 4.15. The van der Waals surface area contributed by atoms with Gasteiger partial charge in [-0.15, -0.1) is 0 Å². The molecular weight excluding hydrogens is 384 g/mol. The van der Waals surface area contributed by atoms with Gasteiger partial charge in [0.15, 0.2) is 0 Å². The van der Waals surface area contributed by atoms with Gasteiger partial charge >= 0.3 is 12.1 Å². The van der Waals surface area contributed by atoms with Gasteiger partial charge in [-0.3, -0.25) is 19.7 Å². The molecule has 11 nitrogen and oxygen atoms in total. The molecule has 2 rings (SSSR count). The van der Waals surface area contributed by atoms with Gasteiger partial charge in [0, 0.05) is 37.9 Å². The third-order valence-corrected chi connectivity index (χ3v) is 4.15. The maximum Gasteiger partial charge on any atom is 0.407 e. The van der Waals surface area contributed by atoms with Crippen molar-refractivity contribution in [2.24, 2.45) is 0 Å². The highest BCUT2D eigenvalue weighted by molar-refractivity contribution is 6.00. The molecular formula is C18H24N4O7. The van der Waals surface area contributed by atoms with Gasteiger partial charge in [0.1, 0.15) is 17.7 Å². The van der Waals surface area contributed by atoms with E-state index in [2.05, 4.69) is 5.32 Å². The van der Waals surface area contributed by atoms with Crippen LogP contribution in [-0.2, 0) is 9.53 Å². The van der Waals surface area contributed by atoms with E-state index in [1.165, 1.54) is 23.1 Å². The summed E-state index contributed by atoms with van der Waals surface area (Å²) in [7, 11) is 0. The molecule has 0 aromatic heterocycles. The SMILES string of the molecule is CC(C)(C)OC(=O)CNC(=O)c1cc(N2CCN(C(=O)O)CC2)ccc1[N+](=O)[O-]. The second-order valence-corrected chi connectivity index (χ2v) is 7.48. The van der Waals surface area contributed by atoms with Crippen LogP contribution in [0.5, 0.6) is 0 Å². The van der Waals surface area contributed by atoms with Crippen LogP contribution in [0, 0.1) is 10.1 Å². The van der Waals surface area contributed by atoms with Crippen molar-refractivity contribution in [3.05, 3.63) is 33.9 Å². The molecule has 1 heterocycles. The Morgan fingerprint density at radius 3 is 2.34 bits per heavy atom. The van der Waals surface area contributed by atoms with Gasteiger partial charge in [0.2, 0.25) is 0 Å². The summed E-state index contributed by atoms with van der Waals surface area (Å²) >= 11 is 0. The molecule has 1 aliphatic rings. The number of rotatable bonds is 5. The lowest BCUT2D eigenvalue weighted by atomic mass is 10.1. The topological polar surface area (TPSA) is 142 Å². The predicted octanol–water partition coefficient (Wildman–Crippen LogP) is 1.47. The number of nitro benzene ring substituents is 1. The minimum atomic E-state index is -1.00. The highest BCUT2D eigenvalue weighted by atomic mass is 16.6. The van der Waals surface area contributed by atoms with Crippen LogP contribution in [0.3, 0.4) is 0 Å². The fourth-order valence-corrected chi connectivity index (χ4v) is 2.84. The summed E-state index contributed by atoms with van der Waals surface area (Å²) in [6.07, 6.45) is -1.00. The van der Waals surface area contributed by atoms with E-state index in [-0.39, 0.29) is 24.3 Å². The zero-order valence-electron chi connectivity index (χ0n) is 16.5. The number of carboxylic acid groups (broad SMARTS) is 1. The number of hydrogen-bond donors (Lipinski definition) is 2. The number of nitro groups is 1. The second-order valence-electron chi connectivity index (χ2n) is 7.48. The molecule has 1 fully saturated rings. The molecule has 1 saturated heterocycles. The van der Waals surface area contributed by atoms with Crippen molar-refractivity contribution in [2.75, 3.05) is 37.6 Å². The van der Waals surface area contributed by atoms with Crippen LogP contribution in [0.4, 0.5) is 16.2 Å². The molecule has 158 valence electrons. The Kier molecular flexibility index (Phi) is 6.62. The summed E-state index contributed by atoms with van der Waals surface area (Å²) in [6, 6.07) is 4.11. The summed E-state index contributed by atoms with van der Waals surface area (Å²) in [4.78, 5) is 49.0. The molecule has 29 heavy (non-hydrogen) atoms. The van der Waals surface area contributed by atoms with E-state index >= 15 is 0 Å². The lowest BCUT2D eigenvalue weighted by molar-refractivity contribution is -0.385. The van der Waals surface area contributed by atoms with Crippen molar-refractivity contribution in [1.29, 1.82) is 0 Å². The van der Waals surface area contributed by atoms with Crippen LogP contribution in [0.15, 0.2) is 18.2 Å². The van der Waals surface area contributed by atoms with Crippen LogP contribution >= 0.6 is 0 Å². The van der Waals surface area contributed by atoms with E-state index in [1.54, 1.807) is 20.8 Å². The standard InChI is InChI=1S/C18H24N4O7/c1-18(2,3)29-15(23)11-19-16(24)13-10-12(4-5-14(13)22(27)28)20-6-8-21(9-7-20)17(25)26/h4-5,10H,6-9,11H2,1-3H3,(H,19,24)(H,25,26). The average molecular weight is 408 g/mol. The Labute approximate surface area is 167 Å². The number of benzene rings is 1. The maximum atomic E-state index is 12.5. The number of piperazine rings is 1. The first-order valence-corrected chi connectivity index (χ1v) is 8.99. The minimum Gasteiger partial charge on any atom is -0.465 e. The molecule has 2 amide bonds. The maximum absolute atomic E-state index is 12.5. The van der Waals surface area contributed by atoms with Crippen LogP contribution in [0.25, 0.3) is 0 Å². The van der Waals surface area contributed by atoms with Gasteiger partial charge in [-0.1, -0.05) is 0 Å². The molecule has 0 atom stereocenters. The van der Waals surface area contributed by atoms with Crippen LogP contribution in [0.1, 0.15) is 31.1 Å². The number of nitrogens with one attached hydrogen (secondary N) is 1. The van der Waals surface area contributed by atoms with E-state index in [1.807, 2.05) is 4.90 Å². The molecule has 11 heteroatoms. The first-order valence-electron chi connectivity index (χ1n) is 8.99. The normalized spacial score (nSPS) is 14.3. The zero-order valence-corrected chi connectivity index (χ0v) is 16.5. The fraction of sp³-hybridized carbons (Fsp3) is 0.500. The first-order chi connectivity index (χ1) is 13.5. The molecule has 0 radical (unpaired) electrons. The van der Waals surface area contributed by atoms with Crippen molar-refractivity contribution in [3.8, 4) is 0 Å². The van der Waals surface area contributed by atoms with Gasteiger partial charge in [-0.25, -0.2) is 4.79 Å². The Balaban J connectivity index is 2.14. The van der Waals surface area contributed by atoms with Crippen molar-refractivity contribution >= 4 is 29.3 Å². The monoisotopic (exact) mass is 408 g/mol. The number of carbonyl (C=O) groups excluding carboxylic acids is 2. The van der Waals surface area contributed by atoms with E-state index in [0.29, 0.717) is 18.8 Å². The van der Waals surface area contributed by atoms with Gasteiger partial charge < -0.3 is 25.0 Å². The Hall–Kier alpha value is -3.37. The average Bonchev–Trinajstić information content (AvgIpc) is 2.64. The Morgan fingerprint density at radius 2 is 1.83 bits per heavy atom. The molecule has 2 N–H and O–H groups in total. The van der Waals surface area contributed by atoms with Crippen LogP contribution in [0.2, 0.25) is 0 Å². The van der Waals surface area contributed by atoms with Crippen molar-refractivity contribution in [1.82, 2.24) is 10.2 Å². The smallest absolute Gasteiger partial charge is 0.407 e. The van der Waals surface area contributed by atoms with Crippen LogP contribution in [-0.4, -0.2) is 71.2 Å². The van der Waals surface area contributed by atoms with Gasteiger partial charge in [-0.05, 0) is 32.9 Å². The van der Waals surface area contributed by atoms with Crippen LogP contribution < -0.4 is 10.2 Å². The van der Waals surface area contributed by atoms with E-state index in [4.69, 9.17) is 9.84 Å². The number of hydrogen-bond acceptors (Lipinski definition) is 7. The zero-order chi connectivity index (χ0) is 21.8. The molecule has 1 aromatic carbocycles. The van der Waals surface area contributed by atoms with E-state index in [0.717, 1.165) is 0 Å². The molecule has 1 aliphatic heterocycles. The highest BCUT2D eigenvalue weighted by Crippen LogP contribution is 2.26. The Morgan fingerprint density at radius 1 is 1.21 bits per heavy atom. The molecule has 0 saturated carbocycles. The minimum absolute atomic E-state index is 0.184. The van der Waals surface area contributed by atoms with Crippen molar-refractivity contribution in [2.45, 2.75) is 26.4 Å². The fourth-order valence-electron chi connectivity index (χ4n) is 2.84. The Bertz CT molecular complexity index is 811. The number of esters is 1. The summed E-state index contributed by atoms with van der Waals surface area (Å²) < 4.78 is 5.10. The lowest BCUT2D eigenvalue weighted by Gasteiger charge is -2.34. The summed E-state index contributed by atoms with van der Waals surface area (Å²) in [5.74, 6) is -1.43. The number of carbonyl (C=O) groups is 3. The summed E-state index contributed by atoms with van der Waals surface area (Å²) in [5, 5.41) is 22.7. The second kappa shape index (κ2) is 8.76. The number of nitrogens with zero attached hydrogens (tertiary/aromatic N) is 3. The molecule has 1 aromatic rings. The third kappa shape index (κ3) is 6.06. The molecule has 0 aliphatic carbocycles. The van der Waals surface area contributed by atoms with E-state index < -0.39 is 35.0 Å². The van der Waals surface area contributed by atoms with E-state index in [9.17, 15) is 24.5 Å². The summed E-state index contributed by atoms with van der Waals surface area (Å²) in [6.45, 7) is 5.99. The molecule has 0 spiro atoms. The van der Waals surface area contributed by atoms with Gasteiger partial charge in [-0.2, -0.15) is 0 Å². The highest BCUT2D eigenvalue weighted by Gasteiger charge is 2.26.